The molecule has 0 atom stereocenters. The van der Waals surface area contributed by atoms with Gasteiger partial charge in [-0.15, -0.1) is 0 Å². The Labute approximate surface area is 112 Å². The van der Waals surface area contributed by atoms with Crippen LogP contribution in [0.1, 0.15) is 19.0 Å². The molecule has 3 nitrogen and oxygen atoms in total. The molecule has 0 unspecified atom stereocenters. The summed E-state index contributed by atoms with van der Waals surface area (Å²) in [5, 5.41) is 2.23. The van der Waals surface area contributed by atoms with Gasteiger partial charge in [0.05, 0.1) is 22.4 Å². The summed E-state index contributed by atoms with van der Waals surface area (Å²) in [6.45, 7) is 2.09. The molecule has 0 fully saturated rings. The van der Waals surface area contributed by atoms with E-state index in [1.165, 1.54) is 0 Å². The number of hydrogen-bond donors (Lipinski definition) is 0. The third-order valence-electron chi connectivity index (χ3n) is 3.33. The van der Waals surface area contributed by atoms with Gasteiger partial charge >= 0.3 is 0 Å². The van der Waals surface area contributed by atoms with Crippen LogP contribution < -0.4 is 0 Å². The number of nitrogens with zero attached hydrogens (tertiary/aromatic N) is 3. The molecule has 3 aromatic rings. The molecule has 0 aliphatic heterocycles. The molecule has 1 aromatic carbocycles. The maximum atomic E-state index is 4.75. The van der Waals surface area contributed by atoms with Crippen molar-refractivity contribution in [3.63, 3.8) is 0 Å². The molecule has 2 aromatic heterocycles. The Bertz CT molecular complexity index is 775. The SMILES string of the molecule is CCC(=NC)c1ccc2ccc3cccnc3c2n1. The summed E-state index contributed by atoms with van der Waals surface area (Å²) in [5.41, 5.74) is 3.86. The van der Waals surface area contributed by atoms with E-state index in [1.54, 1.807) is 0 Å². The Hall–Kier alpha value is -2.29. The lowest BCUT2D eigenvalue weighted by molar-refractivity contribution is 1.21. The van der Waals surface area contributed by atoms with E-state index in [4.69, 9.17) is 4.98 Å². The Balaban J connectivity index is 2.34. The number of aromatic nitrogens is 2. The number of benzene rings is 1. The van der Waals surface area contributed by atoms with E-state index >= 15 is 0 Å². The fourth-order valence-electron chi connectivity index (χ4n) is 2.34. The molecule has 19 heavy (non-hydrogen) atoms. The lowest BCUT2D eigenvalue weighted by Crippen LogP contribution is -2.02. The zero-order valence-corrected chi connectivity index (χ0v) is 11.1. The highest BCUT2D eigenvalue weighted by atomic mass is 14.8. The average Bonchev–Trinajstić information content (AvgIpc) is 2.48. The van der Waals surface area contributed by atoms with Crippen LogP contribution in [0.15, 0.2) is 47.6 Å². The van der Waals surface area contributed by atoms with Crippen molar-refractivity contribution in [1.82, 2.24) is 9.97 Å². The standard InChI is InChI=1S/C16H15N3/c1-3-13(17-2)14-9-8-12-7-6-11-5-4-10-18-15(11)16(12)19-14/h4-10H,3H2,1-2H3. The van der Waals surface area contributed by atoms with Gasteiger partial charge in [0.25, 0.3) is 0 Å². The summed E-state index contributed by atoms with van der Waals surface area (Å²) in [5.74, 6) is 0. The first-order chi connectivity index (χ1) is 9.33. The fraction of sp³-hybridized carbons (Fsp3) is 0.188. The van der Waals surface area contributed by atoms with Crippen molar-refractivity contribution in [1.29, 1.82) is 0 Å². The predicted octanol–water partition coefficient (Wildman–Crippen LogP) is 3.61. The topological polar surface area (TPSA) is 38.1 Å². The molecule has 94 valence electrons. The summed E-state index contributed by atoms with van der Waals surface area (Å²) in [6, 6.07) is 12.3. The zero-order chi connectivity index (χ0) is 13.2. The quantitative estimate of drug-likeness (QED) is 0.514. The molecule has 0 spiro atoms. The third kappa shape index (κ3) is 1.97. The molecule has 2 heterocycles. The minimum absolute atomic E-state index is 0.882. The van der Waals surface area contributed by atoms with Crippen LogP contribution in [0.25, 0.3) is 21.8 Å². The smallest absolute Gasteiger partial charge is 0.0972 e. The van der Waals surface area contributed by atoms with E-state index in [-0.39, 0.29) is 0 Å². The van der Waals surface area contributed by atoms with Crippen LogP contribution in [-0.4, -0.2) is 22.7 Å². The summed E-state index contributed by atoms with van der Waals surface area (Å²) >= 11 is 0. The van der Waals surface area contributed by atoms with Crippen molar-refractivity contribution < 1.29 is 0 Å². The first kappa shape index (κ1) is 11.8. The van der Waals surface area contributed by atoms with Crippen LogP contribution >= 0.6 is 0 Å². The van der Waals surface area contributed by atoms with Crippen molar-refractivity contribution in [3.8, 4) is 0 Å². The van der Waals surface area contributed by atoms with Gasteiger partial charge in [-0.05, 0) is 18.6 Å². The van der Waals surface area contributed by atoms with E-state index in [2.05, 4.69) is 41.2 Å². The van der Waals surface area contributed by atoms with Gasteiger partial charge in [-0.25, -0.2) is 4.98 Å². The molecule has 3 heteroatoms. The number of fused-ring (bicyclic) bond motifs is 3. The van der Waals surface area contributed by atoms with Crippen LogP contribution in [0.4, 0.5) is 0 Å². The lowest BCUT2D eigenvalue weighted by Gasteiger charge is -2.06. The lowest BCUT2D eigenvalue weighted by atomic mass is 10.1. The van der Waals surface area contributed by atoms with Crippen LogP contribution in [0.3, 0.4) is 0 Å². The number of pyridine rings is 2. The molecule has 0 aliphatic carbocycles. The Kier molecular flexibility index (Phi) is 2.95. The van der Waals surface area contributed by atoms with Gasteiger partial charge in [0, 0.05) is 24.0 Å². The summed E-state index contributed by atoms with van der Waals surface area (Å²) in [6.07, 6.45) is 2.69. The normalized spacial score (nSPS) is 12.2. The van der Waals surface area contributed by atoms with Crippen LogP contribution in [-0.2, 0) is 0 Å². The molecule has 0 bridgehead atoms. The van der Waals surface area contributed by atoms with E-state index < -0.39 is 0 Å². The zero-order valence-electron chi connectivity index (χ0n) is 11.1. The number of aliphatic imine (C=N–C) groups is 1. The highest BCUT2D eigenvalue weighted by Crippen LogP contribution is 2.22. The van der Waals surface area contributed by atoms with E-state index in [0.29, 0.717) is 0 Å². The molecular formula is C16H15N3. The van der Waals surface area contributed by atoms with Crippen LogP contribution in [0.5, 0.6) is 0 Å². The molecule has 0 radical (unpaired) electrons. The fourth-order valence-corrected chi connectivity index (χ4v) is 2.34. The Morgan fingerprint density at radius 1 is 1.05 bits per heavy atom. The number of hydrogen-bond acceptors (Lipinski definition) is 3. The molecule has 0 saturated carbocycles. The van der Waals surface area contributed by atoms with Gasteiger partial charge in [-0.3, -0.25) is 9.98 Å². The maximum Gasteiger partial charge on any atom is 0.0972 e. The van der Waals surface area contributed by atoms with Gasteiger partial charge in [-0.2, -0.15) is 0 Å². The predicted molar refractivity (Wildman–Crippen MR) is 79.8 cm³/mol. The Morgan fingerprint density at radius 3 is 2.53 bits per heavy atom. The van der Waals surface area contributed by atoms with Crippen molar-refractivity contribution in [3.05, 3.63) is 48.3 Å². The summed E-state index contributed by atoms with van der Waals surface area (Å²) < 4.78 is 0. The highest BCUT2D eigenvalue weighted by molar-refractivity contribution is 6.06. The maximum absolute atomic E-state index is 4.75. The van der Waals surface area contributed by atoms with Gasteiger partial charge in [0.15, 0.2) is 0 Å². The third-order valence-corrected chi connectivity index (χ3v) is 3.33. The minimum Gasteiger partial charge on any atom is -0.291 e. The first-order valence-electron chi connectivity index (χ1n) is 6.44. The van der Waals surface area contributed by atoms with Gasteiger partial charge in [0.2, 0.25) is 0 Å². The number of rotatable bonds is 2. The molecule has 3 rings (SSSR count). The second-order valence-corrected chi connectivity index (χ2v) is 4.43. The molecule has 0 saturated heterocycles. The second kappa shape index (κ2) is 4.76. The first-order valence-corrected chi connectivity index (χ1v) is 6.44. The average molecular weight is 249 g/mol. The van der Waals surface area contributed by atoms with E-state index in [9.17, 15) is 0 Å². The van der Waals surface area contributed by atoms with Crippen LogP contribution in [0.2, 0.25) is 0 Å². The van der Waals surface area contributed by atoms with Crippen LogP contribution in [0, 0.1) is 0 Å². The largest absolute Gasteiger partial charge is 0.291 e. The second-order valence-electron chi connectivity index (χ2n) is 4.43. The molecule has 0 aliphatic rings. The van der Waals surface area contributed by atoms with Gasteiger partial charge in [0.1, 0.15) is 0 Å². The van der Waals surface area contributed by atoms with Crippen molar-refractivity contribution in [2.24, 2.45) is 4.99 Å². The van der Waals surface area contributed by atoms with Crippen molar-refractivity contribution in [2.75, 3.05) is 7.05 Å². The highest BCUT2D eigenvalue weighted by Gasteiger charge is 2.07. The summed E-state index contributed by atoms with van der Waals surface area (Å²) in [7, 11) is 1.81. The molecule has 0 amide bonds. The van der Waals surface area contributed by atoms with Gasteiger partial charge in [-0.1, -0.05) is 31.2 Å². The molecular weight excluding hydrogens is 234 g/mol. The summed E-state index contributed by atoms with van der Waals surface area (Å²) in [4.78, 5) is 13.5. The molecule has 0 N–H and O–H groups in total. The van der Waals surface area contributed by atoms with E-state index in [0.717, 1.165) is 39.6 Å². The minimum atomic E-state index is 0.882. The Morgan fingerprint density at radius 2 is 1.79 bits per heavy atom. The van der Waals surface area contributed by atoms with Crippen molar-refractivity contribution in [2.45, 2.75) is 13.3 Å². The van der Waals surface area contributed by atoms with Crippen molar-refractivity contribution >= 4 is 27.5 Å². The monoisotopic (exact) mass is 249 g/mol. The van der Waals surface area contributed by atoms with E-state index in [1.807, 2.05) is 25.4 Å². The van der Waals surface area contributed by atoms with Gasteiger partial charge < -0.3 is 0 Å².